The van der Waals surface area contributed by atoms with Crippen LogP contribution in [0.15, 0.2) is 41.8 Å². The van der Waals surface area contributed by atoms with E-state index in [0.717, 1.165) is 4.88 Å². The van der Waals surface area contributed by atoms with E-state index < -0.39 is 24.4 Å². The summed E-state index contributed by atoms with van der Waals surface area (Å²) in [4.78, 5) is 35.6. The SMILES string of the molecule is O=C(COC(=O)Cc1cccs1)NNC(=O)c1ccc(Cl)cc1. The third-order valence-corrected chi connectivity index (χ3v) is 3.81. The lowest BCUT2D eigenvalue weighted by Crippen LogP contribution is -2.43. The number of carbonyl (C=O) groups excluding carboxylic acids is 3. The van der Waals surface area contributed by atoms with Crippen LogP contribution in [0, 0.1) is 0 Å². The largest absolute Gasteiger partial charge is 0.455 e. The second-order valence-corrected chi connectivity index (χ2v) is 5.89. The van der Waals surface area contributed by atoms with Crippen LogP contribution in [0.1, 0.15) is 15.2 Å². The fourth-order valence-corrected chi connectivity index (χ4v) is 2.40. The third-order valence-electron chi connectivity index (χ3n) is 2.68. The molecule has 0 atom stereocenters. The summed E-state index contributed by atoms with van der Waals surface area (Å²) in [5.41, 5.74) is 4.72. The molecule has 1 aromatic carbocycles. The molecule has 0 spiro atoms. The second-order valence-electron chi connectivity index (χ2n) is 4.43. The first-order valence-corrected chi connectivity index (χ1v) is 7.83. The van der Waals surface area contributed by atoms with E-state index in [-0.39, 0.29) is 6.42 Å². The van der Waals surface area contributed by atoms with E-state index in [1.807, 2.05) is 11.4 Å². The second kappa shape index (κ2) is 8.30. The smallest absolute Gasteiger partial charge is 0.311 e. The van der Waals surface area contributed by atoms with Crippen LogP contribution < -0.4 is 10.9 Å². The van der Waals surface area contributed by atoms with Gasteiger partial charge in [0.05, 0.1) is 6.42 Å². The summed E-state index contributed by atoms with van der Waals surface area (Å²) in [6, 6.07) is 9.79. The number of carbonyl (C=O) groups is 3. The summed E-state index contributed by atoms with van der Waals surface area (Å²) in [7, 11) is 0. The highest BCUT2D eigenvalue weighted by molar-refractivity contribution is 7.10. The number of nitrogens with one attached hydrogen (secondary N) is 2. The molecule has 0 saturated heterocycles. The van der Waals surface area contributed by atoms with Crippen molar-refractivity contribution in [2.75, 3.05) is 6.61 Å². The first-order valence-electron chi connectivity index (χ1n) is 6.57. The molecule has 0 aliphatic rings. The number of esters is 1. The first kappa shape index (κ1) is 17.0. The molecule has 23 heavy (non-hydrogen) atoms. The van der Waals surface area contributed by atoms with Crippen LogP contribution in [-0.2, 0) is 20.7 Å². The highest BCUT2D eigenvalue weighted by Gasteiger charge is 2.10. The number of rotatable bonds is 5. The topological polar surface area (TPSA) is 84.5 Å². The zero-order chi connectivity index (χ0) is 16.7. The van der Waals surface area contributed by atoms with Gasteiger partial charge in [-0.05, 0) is 35.7 Å². The van der Waals surface area contributed by atoms with Crippen molar-refractivity contribution in [2.24, 2.45) is 0 Å². The van der Waals surface area contributed by atoms with E-state index in [4.69, 9.17) is 16.3 Å². The zero-order valence-electron chi connectivity index (χ0n) is 11.9. The maximum Gasteiger partial charge on any atom is 0.311 e. The molecule has 2 aromatic rings. The zero-order valence-corrected chi connectivity index (χ0v) is 13.4. The van der Waals surface area contributed by atoms with Crippen molar-refractivity contribution >= 4 is 40.7 Å². The number of benzene rings is 1. The van der Waals surface area contributed by atoms with Crippen molar-refractivity contribution in [3.05, 3.63) is 57.2 Å². The van der Waals surface area contributed by atoms with Gasteiger partial charge in [-0.2, -0.15) is 0 Å². The number of thiophene rings is 1. The summed E-state index contributed by atoms with van der Waals surface area (Å²) in [5, 5.41) is 2.35. The Morgan fingerprint density at radius 3 is 2.48 bits per heavy atom. The van der Waals surface area contributed by atoms with Gasteiger partial charge in [0.25, 0.3) is 11.8 Å². The van der Waals surface area contributed by atoms with E-state index in [1.54, 1.807) is 18.2 Å². The molecule has 1 heterocycles. The monoisotopic (exact) mass is 352 g/mol. The van der Waals surface area contributed by atoms with Crippen LogP contribution in [0.5, 0.6) is 0 Å². The minimum Gasteiger partial charge on any atom is -0.455 e. The molecule has 2 rings (SSSR count). The Labute approximate surface area is 141 Å². The number of ether oxygens (including phenoxy) is 1. The molecule has 1 aromatic heterocycles. The Balaban J connectivity index is 1.69. The first-order chi connectivity index (χ1) is 11.0. The molecular weight excluding hydrogens is 340 g/mol. The molecule has 0 fully saturated rings. The number of hydrazine groups is 1. The van der Waals surface area contributed by atoms with Crippen molar-refractivity contribution in [1.82, 2.24) is 10.9 Å². The maximum absolute atomic E-state index is 11.7. The Bertz CT molecular complexity index is 686. The van der Waals surface area contributed by atoms with Gasteiger partial charge >= 0.3 is 5.97 Å². The molecule has 0 unspecified atom stereocenters. The van der Waals surface area contributed by atoms with Gasteiger partial charge in [0.15, 0.2) is 6.61 Å². The fourth-order valence-electron chi connectivity index (χ4n) is 1.59. The highest BCUT2D eigenvalue weighted by Crippen LogP contribution is 2.10. The summed E-state index contributed by atoms with van der Waals surface area (Å²) in [6.07, 6.45) is 0.113. The Hall–Kier alpha value is -2.38. The van der Waals surface area contributed by atoms with Crippen molar-refractivity contribution in [2.45, 2.75) is 6.42 Å². The molecule has 0 aliphatic heterocycles. The molecule has 0 radical (unpaired) electrons. The quantitative estimate of drug-likeness (QED) is 0.636. The van der Waals surface area contributed by atoms with E-state index in [9.17, 15) is 14.4 Å². The van der Waals surface area contributed by atoms with Gasteiger partial charge in [-0.3, -0.25) is 25.2 Å². The predicted molar refractivity (Wildman–Crippen MR) is 86.0 cm³/mol. The molecule has 2 amide bonds. The molecular formula is C15H13ClN2O4S. The average Bonchev–Trinajstić information content (AvgIpc) is 3.04. The van der Waals surface area contributed by atoms with Gasteiger partial charge < -0.3 is 4.74 Å². The molecule has 6 nitrogen and oxygen atoms in total. The standard InChI is InChI=1S/C15H13ClN2O4S/c16-11-5-3-10(4-6-11)15(21)18-17-13(19)9-22-14(20)8-12-2-1-7-23-12/h1-7H,8-9H2,(H,17,19)(H,18,21). The van der Waals surface area contributed by atoms with Crippen LogP contribution in [-0.4, -0.2) is 24.4 Å². The Morgan fingerprint density at radius 2 is 1.83 bits per heavy atom. The van der Waals surface area contributed by atoms with Gasteiger partial charge in [-0.25, -0.2) is 0 Å². The minimum atomic E-state index is -0.633. The number of hydrogen-bond donors (Lipinski definition) is 2. The lowest BCUT2D eigenvalue weighted by atomic mass is 10.2. The van der Waals surface area contributed by atoms with Crippen molar-refractivity contribution in [3.8, 4) is 0 Å². The van der Waals surface area contributed by atoms with E-state index in [2.05, 4.69) is 10.9 Å². The van der Waals surface area contributed by atoms with Crippen molar-refractivity contribution in [3.63, 3.8) is 0 Å². The average molecular weight is 353 g/mol. The van der Waals surface area contributed by atoms with Gasteiger partial charge in [-0.15, -0.1) is 11.3 Å². The normalized spacial score (nSPS) is 9.96. The Kier molecular flexibility index (Phi) is 6.13. The molecule has 0 aliphatic carbocycles. The lowest BCUT2D eigenvalue weighted by Gasteiger charge is -2.08. The lowest BCUT2D eigenvalue weighted by molar-refractivity contribution is -0.148. The number of hydrogen-bond acceptors (Lipinski definition) is 5. The summed E-state index contributed by atoms with van der Waals surface area (Å²) in [6.45, 7) is -0.467. The van der Waals surface area contributed by atoms with E-state index in [0.29, 0.717) is 10.6 Å². The van der Waals surface area contributed by atoms with Crippen molar-refractivity contribution in [1.29, 1.82) is 0 Å². The van der Waals surface area contributed by atoms with Crippen LogP contribution in [0.25, 0.3) is 0 Å². The van der Waals surface area contributed by atoms with Crippen LogP contribution >= 0.6 is 22.9 Å². The van der Waals surface area contributed by atoms with Gasteiger partial charge in [0.1, 0.15) is 0 Å². The number of amides is 2. The molecule has 120 valence electrons. The van der Waals surface area contributed by atoms with Crippen LogP contribution in [0.4, 0.5) is 0 Å². The van der Waals surface area contributed by atoms with E-state index >= 15 is 0 Å². The van der Waals surface area contributed by atoms with E-state index in [1.165, 1.54) is 23.5 Å². The third kappa shape index (κ3) is 5.72. The van der Waals surface area contributed by atoms with Gasteiger partial charge in [0, 0.05) is 15.5 Å². The summed E-state index contributed by atoms with van der Waals surface area (Å²) < 4.78 is 4.82. The summed E-state index contributed by atoms with van der Waals surface area (Å²) >= 11 is 7.15. The highest BCUT2D eigenvalue weighted by atomic mass is 35.5. The number of halogens is 1. The predicted octanol–water partition coefficient (Wildman–Crippen LogP) is 1.95. The summed E-state index contributed by atoms with van der Waals surface area (Å²) in [5.74, 6) is -1.64. The van der Waals surface area contributed by atoms with Crippen LogP contribution in [0.2, 0.25) is 5.02 Å². The molecule has 8 heteroatoms. The fraction of sp³-hybridized carbons (Fsp3) is 0.133. The van der Waals surface area contributed by atoms with Gasteiger partial charge in [-0.1, -0.05) is 17.7 Å². The Morgan fingerprint density at radius 1 is 1.09 bits per heavy atom. The minimum absolute atomic E-state index is 0.113. The molecule has 0 bridgehead atoms. The molecule has 2 N–H and O–H groups in total. The van der Waals surface area contributed by atoms with Crippen LogP contribution in [0.3, 0.4) is 0 Å². The van der Waals surface area contributed by atoms with Crippen molar-refractivity contribution < 1.29 is 19.1 Å². The molecule has 0 saturated carbocycles. The van der Waals surface area contributed by atoms with Gasteiger partial charge in [0.2, 0.25) is 0 Å². The maximum atomic E-state index is 11.7.